The molecule has 1 aromatic rings. The monoisotopic (exact) mass is 299 g/mol. The van der Waals surface area contributed by atoms with Gasteiger partial charge in [-0.1, -0.05) is 19.1 Å². The number of carbonyl (C=O) groups is 1. The number of methoxy groups -OCH3 is 1. The fourth-order valence-corrected chi connectivity index (χ4v) is 3.28. The van der Waals surface area contributed by atoms with Gasteiger partial charge in [0.1, 0.15) is 0 Å². The minimum Gasteiger partial charge on any atom is -0.465 e. The molecule has 0 heterocycles. The average molecular weight is 299 g/mol. The van der Waals surface area contributed by atoms with Crippen LogP contribution in [0.1, 0.15) is 23.7 Å². The van der Waals surface area contributed by atoms with Gasteiger partial charge in [-0.3, -0.25) is 0 Å². The molecular formula is C14H21NO4S. The molecule has 0 aliphatic carbocycles. The summed E-state index contributed by atoms with van der Waals surface area (Å²) in [5.41, 5.74) is 1.11. The second-order valence-corrected chi connectivity index (χ2v) is 6.89. The van der Waals surface area contributed by atoms with Gasteiger partial charge in [0, 0.05) is 19.3 Å². The minimum atomic E-state index is -3.03. The van der Waals surface area contributed by atoms with Crippen LogP contribution < -0.4 is 4.90 Å². The Morgan fingerprint density at radius 1 is 1.25 bits per heavy atom. The molecule has 0 atom stereocenters. The predicted octanol–water partition coefficient (Wildman–Crippen LogP) is 1.73. The topological polar surface area (TPSA) is 63.7 Å². The van der Waals surface area contributed by atoms with Gasteiger partial charge in [-0.25, -0.2) is 13.2 Å². The van der Waals surface area contributed by atoms with Crippen LogP contribution in [0.5, 0.6) is 0 Å². The summed E-state index contributed by atoms with van der Waals surface area (Å²) in [5, 5.41) is 0. The van der Waals surface area contributed by atoms with E-state index in [-0.39, 0.29) is 11.5 Å². The summed E-state index contributed by atoms with van der Waals surface area (Å²) in [6, 6.07) is 6.99. The van der Waals surface area contributed by atoms with Crippen molar-refractivity contribution in [2.45, 2.75) is 13.3 Å². The maximum absolute atomic E-state index is 11.7. The minimum absolute atomic E-state index is 0.0762. The SMILES string of the molecule is CCCS(=O)(=O)CCN(C)c1ccccc1C(=O)OC. The summed E-state index contributed by atoms with van der Waals surface area (Å²) < 4.78 is 28.2. The fourth-order valence-electron chi connectivity index (χ4n) is 1.90. The van der Waals surface area contributed by atoms with Gasteiger partial charge in [0.15, 0.2) is 9.84 Å². The lowest BCUT2D eigenvalue weighted by Crippen LogP contribution is -2.27. The molecule has 0 saturated carbocycles. The molecule has 112 valence electrons. The van der Waals surface area contributed by atoms with Crippen LogP contribution >= 0.6 is 0 Å². The molecule has 1 rings (SSSR count). The lowest BCUT2D eigenvalue weighted by Gasteiger charge is -2.21. The van der Waals surface area contributed by atoms with Crippen LogP contribution in [-0.2, 0) is 14.6 Å². The standard InChI is InChI=1S/C14H21NO4S/c1-4-10-20(17,18)11-9-15(2)13-8-6-5-7-12(13)14(16)19-3/h5-8H,4,9-11H2,1-3H3. The smallest absolute Gasteiger partial charge is 0.339 e. The van der Waals surface area contributed by atoms with Crippen molar-refractivity contribution < 1.29 is 17.9 Å². The number of hydrogen-bond acceptors (Lipinski definition) is 5. The molecular weight excluding hydrogens is 278 g/mol. The van der Waals surface area contributed by atoms with E-state index in [0.29, 0.717) is 24.2 Å². The molecule has 6 heteroatoms. The Morgan fingerprint density at radius 3 is 2.50 bits per heavy atom. The van der Waals surface area contributed by atoms with E-state index in [1.165, 1.54) is 7.11 Å². The first kappa shape index (κ1) is 16.5. The number of esters is 1. The number of para-hydroxylation sites is 1. The van der Waals surface area contributed by atoms with E-state index in [4.69, 9.17) is 4.74 Å². The number of hydrogen-bond donors (Lipinski definition) is 0. The Morgan fingerprint density at radius 2 is 1.90 bits per heavy atom. The van der Waals surface area contributed by atoms with Crippen molar-refractivity contribution in [2.24, 2.45) is 0 Å². The fraction of sp³-hybridized carbons (Fsp3) is 0.500. The predicted molar refractivity (Wildman–Crippen MR) is 80.0 cm³/mol. The maximum Gasteiger partial charge on any atom is 0.339 e. The second kappa shape index (κ2) is 7.28. The van der Waals surface area contributed by atoms with E-state index >= 15 is 0 Å². The van der Waals surface area contributed by atoms with Gasteiger partial charge < -0.3 is 9.64 Å². The Balaban J connectivity index is 2.83. The summed E-state index contributed by atoms with van der Waals surface area (Å²) in [4.78, 5) is 13.4. The first-order valence-corrected chi connectivity index (χ1v) is 8.32. The zero-order valence-electron chi connectivity index (χ0n) is 12.1. The molecule has 20 heavy (non-hydrogen) atoms. The molecule has 1 aromatic carbocycles. The Labute approximate surface area is 120 Å². The summed E-state index contributed by atoms with van der Waals surface area (Å²) in [6.07, 6.45) is 0.616. The van der Waals surface area contributed by atoms with Crippen LogP contribution in [0.3, 0.4) is 0 Å². The zero-order valence-corrected chi connectivity index (χ0v) is 12.9. The molecule has 0 saturated heterocycles. The number of nitrogens with zero attached hydrogens (tertiary/aromatic N) is 1. The van der Waals surface area contributed by atoms with Gasteiger partial charge in [0.25, 0.3) is 0 Å². The van der Waals surface area contributed by atoms with Gasteiger partial charge >= 0.3 is 5.97 Å². The van der Waals surface area contributed by atoms with E-state index in [1.807, 2.05) is 6.92 Å². The van der Waals surface area contributed by atoms with Gasteiger partial charge in [0.05, 0.1) is 24.1 Å². The lowest BCUT2D eigenvalue weighted by molar-refractivity contribution is 0.0601. The number of benzene rings is 1. The van der Waals surface area contributed by atoms with Gasteiger partial charge in [0.2, 0.25) is 0 Å². The second-order valence-electron chi connectivity index (χ2n) is 4.58. The highest BCUT2D eigenvalue weighted by Crippen LogP contribution is 2.19. The molecule has 0 aliphatic heterocycles. The Bertz CT molecular complexity index is 554. The number of rotatable bonds is 7. The molecule has 0 aliphatic rings. The van der Waals surface area contributed by atoms with Crippen LogP contribution in [0.4, 0.5) is 5.69 Å². The normalized spacial score (nSPS) is 11.2. The number of ether oxygens (including phenoxy) is 1. The van der Waals surface area contributed by atoms with Crippen molar-refractivity contribution in [2.75, 3.05) is 37.1 Å². The molecule has 0 amide bonds. The molecule has 0 N–H and O–H groups in total. The van der Waals surface area contributed by atoms with Crippen molar-refractivity contribution in [3.05, 3.63) is 29.8 Å². The first-order chi connectivity index (χ1) is 9.41. The van der Waals surface area contributed by atoms with Gasteiger partial charge in [-0.2, -0.15) is 0 Å². The van der Waals surface area contributed by atoms with Gasteiger partial charge in [-0.15, -0.1) is 0 Å². The Kier molecular flexibility index (Phi) is 6.01. The highest BCUT2D eigenvalue weighted by atomic mass is 32.2. The molecule has 0 unspecified atom stereocenters. The lowest BCUT2D eigenvalue weighted by atomic mass is 10.1. The van der Waals surface area contributed by atoms with Crippen LogP contribution in [-0.4, -0.2) is 46.6 Å². The molecule has 0 aromatic heterocycles. The van der Waals surface area contributed by atoms with E-state index in [1.54, 1.807) is 36.2 Å². The third kappa shape index (κ3) is 4.52. The van der Waals surface area contributed by atoms with Crippen molar-refractivity contribution in [3.8, 4) is 0 Å². The third-order valence-corrected chi connectivity index (χ3v) is 4.81. The van der Waals surface area contributed by atoms with E-state index in [0.717, 1.165) is 0 Å². The average Bonchev–Trinajstić information content (AvgIpc) is 2.44. The Hall–Kier alpha value is -1.56. The molecule has 0 radical (unpaired) electrons. The van der Waals surface area contributed by atoms with Crippen LogP contribution in [0, 0.1) is 0 Å². The highest BCUT2D eigenvalue weighted by molar-refractivity contribution is 7.91. The van der Waals surface area contributed by atoms with Gasteiger partial charge in [-0.05, 0) is 18.6 Å². The van der Waals surface area contributed by atoms with Crippen molar-refractivity contribution in [3.63, 3.8) is 0 Å². The number of anilines is 1. The largest absolute Gasteiger partial charge is 0.465 e. The summed E-state index contributed by atoms with van der Waals surface area (Å²) in [5.74, 6) is -0.157. The van der Waals surface area contributed by atoms with Crippen LogP contribution in [0.25, 0.3) is 0 Å². The summed E-state index contributed by atoms with van der Waals surface area (Å²) in [6.45, 7) is 2.18. The summed E-state index contributed by atoms with van der Waals surface area (Å²) in [7, 11) is 0.0601. The van der Waals surface area contributed by atoms with E-state index in [2.05, 4.69) is 0 Å². The van der Waals surface area contributed by atoms with Crippen molar-refractivity contribution >= 4 is 21.5 Å². The molecule has 0 spiro atoms. The third-order valence-electron chi connectivity index (χ3n) is 2.97. The van der Waals surface area contributed by atoms with Crippen LogP contribution in [0.2, 0.25) is 0 Å². The van der Waals surface area contributed by atoms with E-state index in [9.17, 15) is 13.2 Å². The first-order valence-electron chi connectivity index (χ1n) is 6.50. The zero-order chi connectivity index (χ0) is 15.2. The number of sulfone groups is 1. The summed E-state index contributed by atoms with van der Waals surface area (Å²) >= 11 is 0. The molecule has 5 nitrogen and oxygen atoms in total. The molecule has 0 bridgehead atoms. The van der Waals surface area contributed by atoms with Crippen molar-refractivity contribution in [1.29, 1.82) is 0 Å². The molecule has 0 fully saturated rings. The van der Waals surface area contributed by atoms with Crippen LogP contribution in [0.15, 0.2) is 24.3 Å². The quantitative estimate of drug-likeness (QED) is 0.718. The van der Waals surface area contributed by atoms with Crippen molar-refractivity contribution in [1.82, 2.24) is 0 Å². The highest BCUT2D eigenvalue weighted by Gasteiger charge is 2.16. The number of carbonyl (C=O) groups excluding carboxylic acids is 1. The van der Waals surface area contributed by atoms with E-state index < -0.39 is 15.8 Å². The maximum atomic E-state index is 11.7.